The van der Waals surface area contributed by atoms with Crippen LogP contribution in [0, 0.1) is 19.8 Å². The molecule has 108 valence electrons. The SMILES string of the molecule is Cc1ccc(CC(=O)C2COc3ccccc3C2)cc1C. The second kappa shape index (κ2) is 5.72. The highest BCUT2D eigenvalue weighted by Crippen LogP contribution is 2.27. The Bertz CT molecular complexity index is 673. The van der Waals surface area contributed by atoms with Gasteiger partial charge >= 0.3 is 0 Å². The van der Waals surface area contributed by atoms with E-state index >= 15 is 0 Å². The van der Waals surface area contributed by atoms with Crippen molar-refractivity contribution in [1.82, 2.24) is 0 Å². The zero-order valence-corrected chi connectivity index (χ0v) is 12.6. The fourth-order valence-electron chi connectivity index (χ4n) is 2.79. The van der Waals surface area contributed by atoms with Crippen molar-refractivity contribution in [2.24, 2.45) is 5.92 Å². The Balaban J connectivity index is 1.70. The van der Waals surface area contributed by atoms with E-state index in [-0.39, 0.29) is 11.7 Å². The van der Waals surface area contributed by atoms with E-state index in [0.717, 1.165) is 23.3 Å². The first-order valence-corrected chi connectivity index (χ1v) is 7.43. The van der Waals surface area contributed by atoms with E-state index in [4.69, 9.17) is 4.74 Å². The lowest BCUT2D eigenvalue weighted by Crippen LogP contribution is -2.29. The Hall–Kier alpha value is -2.09. The van der Waals surface area contributed by atoms with Gasteiger partial charge in [-0.25, -0.2) is 0 Å². The second-order valence-corrected chi connectivity index (χ2v) is 5.88. The van der Waals surface area contributed by atoms with Crippen LogP contribution in [0.2, 0.25) is 0 Å². The van der Waals surface area contributed by atoms with Gasteiger partial charge in [0.2, 0.25) is 0 Å². The van der Waals surface area contributed by atoms with Crippen LogP contribution in [0.15, 0.2) is 42.5 Å². The molecular weight excluding hydrogens is 260 g/mol. The second-order valence-electron chi connectivity index (χ2n) is 5.88. The third kappa shape index (κ3) is 2.99. The first-order chi connectivity index (χ1) is 10.1. The number of ketones is 1. The molecule has 0 bridgehead atoms. The minimum absolute atomic E-state index is 0.0264. The lowest BCUT2D eigenvalue weighted by molar-refractivity contribution is -0.123. The molecule has 2 aromatic rings. The molecule has 2 nitrogen and oxygen atoms in total. The maximum atomic E-state index is 12.5. The van der Waals surface area contributed by atoms with Crippen molar-refractivity contribution in [1.29, 1.82) is 0 Å². The van der Waals surface area contributed by atoms with E-state index < -0.39 is 0 Å². The van der Waals surface area contributed by atoms with Gasteiger partial charge in [0.1, 0.15) is 11.5 Å². The molecule has 0 amide bonds. The van der Waals surface area contributed by atoms with Crippen molar-refractivity contribution in [3.05, 3.63) is 64.7 Å². The van der Waals surface area contributed by atoms with Crippen LogP contribution in [0.25, 0.3) is 0 Å². The van der Waals surface area contributed by atoms with Crippen LogP contribution in [0.1, 0.15) is 22.3 Å². The van der Waals surface area contributed by atoms with Gasteiger partial charge in [0.25, 0.3) is 0 Å². The number of para-hydroxylation sites is 1. The summed E-state index contributed by atoms with van der Waals surface area (Å²) in [4.78, 5) is 12.5. The molecule has 0 aliphatic carbocycles. The fraction of sp³-hybridized carbons (Fsp3) is 0.316. The van der Waals surface area contributed by atoms with Gasteiger partial charge < -0.3 is 4.74 Å². The number of hydrogen-bond donors (Lipinski definition) is 0. The molecule has 2 heteroatoms. The van der Waals surface area contributed by atoms with Gasteiger partial charge in [-0.3, -0.25) is 4.79 Å². The zero-order chi connectivity index (χ0) is 14.8. The maximum Gasteiger partial charge on any atom is 0.144 e. The van der Waals surface area contributed by atoms with E-state index in [1.165, 1.54) is 11.1 Å². The van der Waals surface area contributed by atoms with Crippen molar-refractivity contribution in [2.75, 3.05) is 6.61 Å². The fourth-order valence-corrected chi connectivity index (χ4v) is 2.79. The van der Waals surface area contributed by atoms with Crippen LogP contribution in [0.3, 0.4) is 0 Å². The van der Waals surface area contributed by atoms with Crippen LogP contribution in [0.5, 0.6) is 5.75 Å². The monoisotopic (exact) mass is 280 g/mol. The minimum Gasteiger partial charge on any atom is -0.493 e. The number of ether oxygens (including phenoxy) is 1. The summed E-state index contributed by atoms with van der Waals surface area (Å²) in [5.74, 6) is 1.17. The predicted octanol–water partition coefficient (Wildman–Crippen LogP) is 3.67. The molecule has 1 unspecified atom stereocenters. The van der Waals surface area contributed by atoms with Crippen molar-refractivity contribution in [3.63, 3.8) is 0 Å². The Labute approximate surface area is 125 Å². The molecule has 1 aliphatic rings. The van der Waals surface area contributed by atoms with Gasteiger partial charge in [-0.2, -0.15) is 0 Å². The number of hydrogen-bond acceptors (Lipinski definition) is 2. The van der Waals surface area contributed by atoms with E-state index in [1.54, 1.807) is 0 Å². The molecule has 21 heavy (non-hydrogen) atoms. The normalized spacial score (nSPS) is 17.0. The molecule has 0 radical (unpaired) electrons. The topological polar surface area (TPSA) is 26.3 Å². The summed E-state index contributed by atoms with van der Waals surface area (Å²) in [6.45, 7) is 4.68. The van der Waals surface area contributed by atoms with E-state index in [0.29, 0.717) is 13.0 Å². The number of Topliss-reactive ketones (excluding diaryl/α,β-unsaturated/α-hetero) is 1. The molecule has 1 aliphatic heterocycles. The lowest BCUT2D eigenvalue weighted by Gasteiger charge is -2.24. The first-order valence-electron chi connectivity index (χ1n) is 7.43. The van der Waals surface area contributed by atoms with Crippen molar-refractivity contribution in [2.45, 2.75) is 26.7 Å². The molecule has 0 N–H and O–H groups in total. The predicted molar refractivity (Wildman–Crippen MR) is 83.8 cm³/mol. The number of carbonyl (C=O) groups excluding carboxylic acids is 1. The zero-order valence-electron chi connectivity index (χ0n) is 12.6. The Morgan fingerprint density at radius 1 is 1.14 bits per heavy atom. The third-order valence-electron chi connectivity index (χ3n) is 4.28. The van der Waals surface area contributed by atoms with E-state index in [9.17, 15) is 4.79 Å². The standard InChI is InChI=1S/C19H20O2/c1-13-7-8-15(9-14(13)2)10-18(20)17-11-16-5-3-4-6-19(16)21-12-17/h3-9,17H,10-12H2,1-2H3. The van der Waals surface area contributed by atoms with E-state index in [1.807, 2.05) is 24.3 Å². The van der Waals surface area contributed by atoms with Gasteiger partial charge in [-0.15, -0.1) is 0 Å². The number of aryl methyl sites for hydroxylation is 2. The minimum atomic E-state index is -0.0264. The molecule has 0 fully saturated rings. The highest BCUT2D eigenvalue weighted by Gasteiger charge is 2.25. The molecule has 0 saturated heterocycles. The van der Waals surface area contributed by atoms with E-state index in [2.05, 4.69) is 32.0 Å². The Morgan fingerprint density at radius 2 is 1.95 bits per heavy atom. The van der Waals surface area contributed by atoms with Crippen molar-refractivity contribution < 1.29 is 9.53 Å². The quantitative estimate of drug-likeness (QED) is 0.857. The average Bonchev–Trinajstić information content (AvgIpc) is 2.50. The van der Waals surface area contributed by atoms with Crippen LogP contribution < -0.4 is 4.74 Å². The van der Waals surface area contributed by atoms with Crippen molar-refractivity contribution in [3.8, 4) is 5.75 Å². The van der Waals surface area contributed by atoms with Crippen LogP contribution in [-0.4, -0.2) is 12.4 Å². The summed E-state index contributed by atoms with van der Waals surface area (Å²) in [6.07, 6.45) is 1.29. The highest BCUT2D eigenvalue weighted by atomic mass is 16.5. The number of benzene rings is 2. The van der Waals surface area contributed by atoms with Gasteiger partial charge in [0.05, 0.1) is 12.5 Å². The molecule has 3 rings (SSSR count). The molecule has 2 aromatic carbocycles. The Morgan fingerprint density at radius 3 is 2.76 bits per heavy atom. The largest absolute Gasteiger partial charge is 0.493 e. The molecular formula is C19H20O2. The maximum absolute atomic E-state index is 12.5. The summed E-state index contributed by atoms with van der Waals surface area (Å²) >= 11 is 0. The molecule has 1 atom stereocenters. The van der Waals surface area contributed by atoms with Crippen LogP contribution in [0.4, 0.5) is 0 Å². The summed E-state index contributed by atoms with van der Waals surface area (Å²) in [5, 5.41) is 0. The Kier molecular flexibility index (Phi) is 3.78. The average molecular weight is 280 g/mol. The van der Waals surface area contributed by atoms with Crippen molar-refractivity contribution >= 4 is 5.78 Å². The van der Waals surface area contributed by atoms with Crippen LogP contribution >= 0.6 is 0 Å². The molecule has 0 saturated carbocycles. The highest BCUT2D eigenvalue weighted by molar-refractivity contribution is 5.84. The first kappa shape index (κ1) is 13.9. The van der Waals surface area contributed by atoms with Crippen LogP contribution in [-0.2, 0) is 17.6 Å². The summed E-state index contributed by atoms with van der Waals surface area (Å²) in [5.41, 5.74) is 4.75. The number of fused-ring (bicyclic) bond motifs is 1. The molecule has 0 aromatic heterocycles. The number of rotatable bonds is 3. The molecule has 0 spiro atoms. The lowest BCUT2D eigenvalue weighted by atomic mass is 9.89. The van der Waals surface area contributed by atoms with Gasteiger partial charge in [-0.1, -0.05) is 36.4 Å². The van der Waals surface area contributed by atoms with Gasteiger partial charge in [-0.05, 0) is 48.6 Å². The summed E-state index contributed by atoms with van der Waals surface area (Å²) < 4.78 is 5.72. The smallest absolute Gasteiger partial charge is 0.144 e. The summed E-state index contributed by atoms with van der Waals surface area (Å²) in [6, 6.07) is 14.2. The van der Waals surface area contributed by atoms with Gasteiger partial charge in [0, 0.05) is 6.42 Å². The number of carbonyl (C=O) groups is 1. The third-order valence-corrected chi connectivity index (χ3v) is 4.28. The van der Waals surface area contributed by atoms with Gasteiger partial charge in [0.15, 0.2) is 0 Å². The summed E-state index contributed by atoms with van der Waals surface area (Å²) in [7, 11) is 0. The molecule has 1 heterocycles.